The second-order valence-electron chi connectivity index (χ2n) is 7.73. The Balaban J connectivity index is 1.41. The molecule has 1 aliphatic heterocycles. The minimum atomic E-state index is -0.334. The number of carbonyl (C=O) groups excluding carboxylic acids is 2. The first-order valence-corrected chi connectivity index (χ1v) is 11.1. The van der Waals surface area contributed by atoms with Gasteiger partial charge in [-0.1, -0.05) is 18.2 Å². The molecule has 0 unspecified atom stereocenters. The van der Waals surface area contributed by atoms with E-state index in [0.29, 0.717) is 38.0 Å². The minimum absolute atomic E-state index is 0.0119. The van der Waals surface area contributed by atoms with Crippen LogP contribution in [-0.4, -0.2) is 28.2 Å². The van der Waals surface area contributed by atoms with Gasteiger partial charge in [0.2, 0.25) is 11.8 Å². The monoisotopic (exact) mass is 437 g/mol. The molecule has 0 aliphatic carbocycles. The molecule has 1 N–H and O–H groups in total. The highest BCUT2D eigenvalue weighted by Crippen LogP contribution is 2.24. The van der Waals surface area contributed by atoms with Gasteiger partial charge in [0.25, 0.3) is 0 Å². The van der Waals surface area contributed by atoms with Crippen LogP contribution in [0.4, 0.5) is 4.39 Å². The van der Waals surface area contributed by atoms with E-state index in [-0.39, 0.29) is 24.1 Å². The summed E-state index contributed by atoms with van der Waals surface area (Å²) in [7, 11) is 0. The Morgan fingerprint density at radius 1 is 1.23 bits per heavy atom. The SMILES string of the molecule is Cc1ncc2c(c1CNC(=O)Cc1cccs1)CCN(C(=O)Cc1cccc(F)c1)C2. The molecule has 0 atom stereocenters. The summed E-state index contributed by atoms with van der Waals surface area (Å²) in [5.41, 5.74) is 4.78. The number of hydrogen-bond acceptors (Lipinski definition) is 4. The Hall–Kier alpha value is -3.06. The average Bonchev–Trinajstić information content (AvgIpc) is 3.25. The van der Waals surface area contributed by atoms with Gasteiger partial charge in [-0.3, -0.25) is 14.6 Å². The Labute approximate surface area is 184 Å². The van der Waals surface area contributed by atoms with Crippen LogP contribution in [0.15, 0.2) is 48.0 Å². The van der Waals surface area contributed by atoms with Crippen LogP contribution in [0.3, 0.4) is 0 Å². The number of rotatable bonds is 6. The second-order valence-corrected chi connectivity index (χ2v) is 8.76. The van der Waals surface area contributed by atoms with Crippen molar-refractivity contribution in [1.82, 2.24) is 15.2 Å². The third-order valence-corrected chi connectivity index (χ3v) is 6.45. The zero-order valence-corrected chi connectivity index (χ0v) is 18.2. The Bertz CT molecular complexity index is 1100. The molecular formula is C24H24FN3O2S. The van der Waals surface area contributed by atoms with Crippen LogP contribution in [0.1, 0.15) is 32.8 Å². The van der Waals surface area contributed by atoms with Crippen LogP contribution in [0.5, 0.6) is 0 Å². The molecule has 3 aromatic rings. The number of nitrogens with zero attached hydrogens (tertiary/aromatic N) is 2. The van der Waals surface area contributed by atoms with Crippen molar-refractivity contribution in [1.29, 1.82) is 0 Å². The van der Waals surface area contributed by atoms with Crippen molar-refractivity contribution in [3.63, 3.8) is 0 Å². The number of aryl methyl sites for hydroxylation is 1. The maximum atomic E-state index is 13.4. The van der Waals surface area contributed by atoms with E-state index in [1.54, 1.807) is 28.4 Å². The quantitative estimate of drug-likeness (QED) is 0.641. The molecule has 7 heteroatoms. The normalized spacial score (nSPS) is 13.0. The van der Waals surface area contributed by atoms with Crippen LogP contribution in [0.2, 0.25) is 0 Å². The highest BCUT2D eigenvalue weighted by molar-refractivity contribution is 7.10. The molecule has 0 fully saturated rings. The van der Waals surface area contributed by atoms with E-state index in [9.17, 15) is 14.0 Å². The number of pyridine rings is 1. The van der Waals surface area contributed by atoms with Gasteiger partial charge in [-0.25, -0.2) is 4.39 Å². The maximum Gasteiger partial charge on any atom is 0.227 e. The van der Waals surface area contributed by atoms with Crippen LogP contribution in [0.25, 0.3) is 0 Å². The Morgan fingerprint density at radius 3 is 2.87 bits per heavy atom. The van der Waals surface area contributed by atoms with Crippen LogP contribution in [0, 0.1) is 12.7 Å². The molecular weight excluding hydrogens is 413 g/mol. The molecule has 1 aromatic carbocycles. The van der Waals surface area contributed by atoms with Gasteiger partial charge in [0.05, 0.1) is 12.8 Å². The predicted octanol–water partition coefficient (Wildman–Crippen LogP) is 3.58. The van der Waals surface area contributed by atoms with Gasteiger partial charge in [0, 0.05) is 36.4 Å². The average molecular weight is 438 g/mol. The molecule has 31 heavy (non-hydrogen) atoms. The van der Waals surface area contributed by atoms with Gasteiger partial charge in [0.15, 0.2) is 0 Å². The fourth-order valence-electron chi connectivity index (χ4n) is 3.92. The number of thiophene rings is 1. The minimum Gasteiger partial charge on any atom is -0.352 e. The highest BCUT2D eigenvalue weighted by atomic mass is 32.1. The molecule has 0 saturated heterocycles. The van der Waals surface area contributed by atoms with Crippen LogP contribution in [-0.2, 0) is 41.9 Å². The summed E-state index contributed by atoms with van der Waals surface area (Å²) in [6.07, 6.45) is 3.09. The van der Waals surface area contributed by atoms with E-state index in [0.717, 1.165) is 21.7 Å². The molecule has 160 valence electrons. The summed E-state index contributed by atoms with van der Waals surface area (Å²) in [5.74, 6) is -0.371. The topological polar surface area (TPSA) is 62.3 Å². The summed E-state index contributed by atoms with van der Waals surface area (Å²) in [6.45, 7) is 3.46. The van der Waals surface area contributed by atoms with Crippen LogP contribution < -0.4 is 5.32 Å². The summed E-state index contributed by atoms with van der Waals surface area (Å²) in [6, 6.07) is 10.1. The smallest absolute Gasteiger partial charge is 0.227 e. The molecule has 0 spiro atoms. The first-order valence-electron chi connectivity index (χ1n) is 10.3. The lowest BCUT2D eigenvalue weighted by atomic mass is 9.94. The van der Waals surface area contributed by atoms with Gasteiger partial charge >= 0.3 is 0 Å². The number of nitrogens with one attached hydrogen (secondary N) is 1. The van der Waals surface area contributed by atoms with Crippen molar-refractivity contribution in [3.8, 4) is 0 Å². The Kier molecular flexibility index (Phi) is 6.42. The number of benzene rings is 1. The van der Waals surface area contributed by atoms with E-state index in [4.69, 9.17) is 0 Å². The van der Waals surface area contributed by atoms with Crippen molar-refractivity contribution in [2.24, 2.45) is 0 Å². The number of fused-ring (bicyclic) bond motifs is 1. The maximum absolute atomic E-state index is 13.4. The molecule has 0 saturated carbocycles. The van der Waals surface area contributed by atoms with Crippen molar-refractivity contribution in [2.45, 2.75) is 39.3 Å². The summed E-state index contributed by atoms with van der Waals surface area (Å²) < 4.78 is 13.4. The van der Waals surface area contributed by atoms with E-state index in [2.05, 4.69) is 10.3 Å². The number of hydrogen-bond donors (Lipinski definition) is 1. The molecule has 2 amide bonds. The lowest BCUT2D eigenvalue weighted by Gasteiger charge is -2.30. The first-order chi connectivity index (χ1) is 15.0. The molecule has 5 nitrogen and oxygen atoms in total. The number of amides is 2. The molecule has 0 bridgehead atoms. The van der Waals surface area contributed by atoms with Crippen molar-refractivity contribution >= 4 is 23.2 Å². The highest BCUT2D eigenvalue weighted by Gasteiger charge is 2.24. The first kappa shape index (κ1) is 21.2. The van der Waals surface area contributed by atoms with Crippen LogP contribution >= 0.6 is 11.3 Å². The Morgan fingerprint density at radius 2 is 2.10 bits per heavy atom. The fraction of sp³-hybridized carbons (Fsp3) is 0.292. The predicted molar refractivity (Wildman–Crippen MR) is 118 cm³/mol. The van der Waals surface area contributed by atoms with E-state index >= 15 is 0 Å². The van der Waals surface area contributed by atoms with E-state index < -0.39 is 0 Å². The van der Waals surface area contributed by atoms with Crippen molar-refractivity contribution < 1.29 is 14.0 Å². The third kappa shape index (κ3) is 5.17. The number of carbonyl (C=O) groups is 2. The van der Waals surface area contributed by atoms with Gasteiger partial charge in [-0.15, -0.1) is 11.3 Å². The molecule has 2 aromatic heterocycles. The number of halogens is 1. The lowest BCUT2D eigenvalue weighted by Crippen LogP contribution is -2.38. The summed E-state index contributed by atoms with van der Waals surface area (Å²) >= 11 is 1.57. The van der Waals surface area contributed by atoms with Gasteiger partial charge in [0.1, 0.15) is 5.82 Å². The van der Waals surface area contributed by atoms with E-state index in [1.165, 1.54) is 17.7 Å². The lowest BCUT2D eigenvalue weighted by molar-refractivity contribution is -0.131. The van der Waals surface area contributed by atoms with Gasteiger partial charge in [-0.2, -0.15) is 0 Å². The molecule has 1 aliphatic rings. The largest absolute Gasteiger partial charge is 0.352 e. The number of aromatic nitrogens is 1. The summed E-state index contributed by atoms with van der Waals surface area (Å²) in [4.78, 5) is 32.4. The molecule has 0 radical (unpaired) electrons. The third-order valence-electron chi connectivity index (χ3n) is 5.57. The van der Waals surface area contributed by atoms with Crippen molar-refractivity contribution in [3.05, 3.63) is 86.6 Å². The van der Waals surface area contributed by atoms with Crippen molar-refractivity contribution in [2.75, 3.05) is 6.54 Å². The van der Waals surface area contributed by atoms with Gasteiger partial charge in [-0.05, 0) is 59.2 Å². The second kappa shape index (κ2) is 9.39. The molecule has 4 rings (SSSR count). The zero-order chi connectivity index (χ0) is 21.8. The molecule has 3 heterocycles. The zero-order valence-electron chi connectivity index (χ0n) is 17.4. The van der Waals surface area contributed by atoms with Gasteiger partial charge < -0.3 is 10.2 Å². The fourth-order valence-corrected chi connectivity index (χ4v) is 4.63. The summed E-state index contributed by atoms with van der Waals surface area (Å²) in [5, 5.41) is 4.98. The van der Waals surface area contributed by atoms with E-state index in [1.807, 2.05) is 30.6 Å². The standard InChI is InChI=1S/C24H24FN3O2S/c1-16-22(14-27-23(29)12-20-6-3-9-31-20)21-7-8-28(15-18(21)13-26-16)24(30)11-17-4-2-5-19(25)10-17/h2-6,9-10,13H,7-8,11-12,14-15H2,1H3,(H,27,29).